The van der Waals surface area contributed by atoms with Gasteiger partial charge in [-0.3, -0.25) is 4.79 Å². The standard InChI is InChI=1S/C22H21ClN2O5/c1-3-13-5-7-15(8-6-13)21-25-17(22(27)30-21)10-14-9-16(23)20(29-12-19(24)26)18(11-14)28-4-2/h5-11H,3-4,12H2,1-2H3,(H2,24,26). The number of carbonyl (C=O) groups excluding carboxylic acids is 2. The van der Waals surface area contributed by atoms with E-state index in [2.05, 4.69) is 11.9 Å². The first kappa shape index (κ1) is 21.4. The summed E-state index contributed by atoms with van der Waals surface area (Å²) < 4.78 is 16.2. The number of primary amides is 1. The van der Waals surface area contributed by atoms with E-state index in [1.807, 2.05) is 24.3 Å². The molecule has 2 aromatic rings. The van der Waals surface area contributed by atoms with Crippen molar-refractivity contribution in [2.45, 2.75) is 20.3 Å². The number of hydrogen-bond acceptors (Lipinski definition) is 6. The summed E-state index contributed by atoms with van der Waals surface area (Å²) in [5.41, 5.74) is 7.71. The van der Waals surface area contributed by atoms with Gasteiger partial charge in [0, 0.05) is 5.56 Å². The van der Waals surface area contributed by atoms with Gasteiger partial charge in [-0.25, -0.2) is 9.79 Å². The van der Waals surface area contributed by atoms with E-state index in [-0.39, 0.29) is 29.0 Å². The molecule has 0 aliphatic carbocycles. The van der Waals surface area contributed by atoms with Crippen molar-refractivity contribution < 1.29 is 23.8 Å². The molecule has 0 radical (unpaired) electrons. The Hall–Kier alpha value is -3.32. The smallest absolute Gasteiger partial charge is 0.363 e. The normalized spacial score (nSPS) is 14.4. The molecule has 1 amide bonds. The van der Waals surface area contributed by atoms with E-state index in [1.54, 1.807) is 25.1 Å². The van der Waals surface area contributed by atoms with Crippen LogP contribution >= 0.6 is 11.6 Å². The van der Waals surface area contributed by atoms with Gasteiger partial charge in [-0.1, -0.05) is 30.7 Å². The number of carbonyl (C=O) groups is 2. The molecule has 30 heavy (non-hydrogen) atoms. The minimum Gasteiger partial charge on any atom is -0.490 e. The third-order valence-electron chi connectivity index (χ3n) is 4.22. The first-order valence-electron chi connectivity index (χ1n) is 9.40. The van der Waals surface area contributed by atoms with Crippen LogP contribution in [0.3, 0.4) is 0 Å². The Kier molecular flexibility index (Phi) is 6.74. The third-order valence-corrected chi connectivity index (χ3v) is 4.50. The summed E-state index contributed by atoms with van der Waals surface area (Å²) in [6.45, 7) is 3.87. The van der Waals surface area contributed by atoms with Crippen LogP contribution in [0, 0.1) is 0 Å². The maximum atomic E-state index is 12.3. The number of amides is 1. The summed E-state index contributed by atoms with van der Waals surface area (Å²) in [6, 6.07) is 10.9. The summed E-state index contributed by atoms with van der Waals surface area (Å²) in [5, 5.41) is 0.208. The molecular formula is C22H21ClN2O5. The zero-order valence-electron chi connectivity index (χ0n) is 16.6. The molecule has 0 saturated carbocycles. The number of cyclic esters (lactones) is 1. The van der Waals surface area contributed by atoms with Crippen molar-refractivity contribution in [3.05, 3.63) is 63.8 Å². The summed E-state index contributed by atoms with van der Waals surface area (Å²) in [6.07, 6.45) is 2.46. The molecule has 156 valence electrons. The first-order valence-corrected chi connectivity index (χ1v) is 9.78. The quantitative estimate of drug-likeness (QED) is 0.512. The predicted octanol–water partition coefficient (Wildman–Crippen LogP) is 3.51. The number of aliphatic imine (C=N–C) groups is 1. The molecule has 0 aromatic heterocycles. The molecule has 2 aromatic carbocycles. The monoisotopic (exact) mass is 428 g/mol. The number of nitrogens with zero attached hydrogens (tertiary/aromatic N) is 1. The molecule has 3 rings (SSSR count). The second kappa shape index (κ2) is 9.45. The van der Waals surface area contributed by atoms with Crippen molar-refractivity contribution >= 4 is 35.5 Å². The highest BCUT2D eigenvalue weighted by Crippen LogP contribution is 2.37. The fraction of sp³-hybridized carbons (Fsp3) is 0.227. The van der Waals surface area contributed by atoms with Gasteiger partial charge in [0.2, 0.25) is 5.90 Å². The van der Waals surface area contributed by atoms with E-state index < -0.39 is 11.9 Å². The molecule has 0 fully saturated rings. The minimum atomic E-state index is -0.637. The van der Waals surface area contributed by atoms with Gasteiger partial charge in [-0.05, 0) is 54.8 Å². The second-order valence-corrected chi connectivity index (χ2v) is 6.81. The molecular weight excluding hydrogens is 408 g/mol. The van der Waals surface area contributed by atoms with Crippen molar-refractivity contribution in [2.24, 2.45) is 10.7 Å². The van der Waals surface area contributed by atoms with Crippen LogP contribution in [-0.2, 0) is 20.7 Å². The highest BCUT2D eigenvalue weighted by Gasteiger charge is 2.24. The Morgan fingerprint density at radius 2 is 1.93 bits per heavy atom. The Morgan fingerprint density at radius 3 is 2.57 bits per heavy atom. The second-order valence-electron chi connectivity index (χ2n) is 6.40. The van der Waals surface area contributed by atoms with Crippen LogP contribution in [0.2, 0.25) is 5.02 Å². The lowest BCUT2D eigenvalue weighted by Gasteiger charge is -2.13. The SMILES string of the molecule is CCOc1cc(C=C2N=C(c3ccc(CC)cc3)OC2=O)cc(Cl)c1OCC(N)=O. The molecule has 0 atom stereocenters. The van der Waals surface area contributed by atoms with Gasteiger partial charge in [-0.15, -0.1) is 0 Å². The van der Waals surface area contributed by atoms with Crippen molar-refractivity contribution in [3.8, 4) is 11.5 Å². The van der Waals surface area contributed by atoms with Gasteiger partial charge >= 0.3 is 5.97 Å². The third kappa shape index (κ3) is 4.99. The van der Waals surface area contributed by atoms with E-state index in [9.17, 15) is 9.59 Å². The number of ether oxygens (including phenoxy) is 3. The summed E-state index contributed by atoms with van der Waals surface area (Å²) in [5.74, 6) is -0.432. The molecule has 0 bridgehead atoms. The molecule has 2 N–H and O–H groups in total. The lowest BCUT2D eigenvalue weighted by molar-refractivity contribution is -0.130. The number of aryl methyl sites for hydroxylation is 1. The number of halogens is 1. The first-order chi connectivity index (χ1) is 14.4. The highest BCUT2D eigenvalue weighted by atomic mass is 35.5. The maximum absolute atomic E-state index is 12.3. The Bertz CT molecular complexity index is 1030. The van der Waals surface area contributed by atoms with Crippen LogP contribution in [0.4, 0.5) is 0 Å². The Labute approximate surface area is 179 Å². The van der Waals surface area contributed by atoms with Crippen molar-refractivity contribution in [1.82, 2.24) is 0 Å². The zero-order chi connectivity index (χ0) is 21.7. The molecule has 1 aliphatic heterocycles. The molecule has 7 nitrogen and oxygen atoms in total. The average molecular weight is 429 g/mol. The van der Waals surface area contributed by atoms with E-state index >= 15 is 0 Å². The van der Waals surface area contributed by atoms with Gasteiger partial charge in [0.25, 0.3) is 5.91 Å². The topological polar surface area (TPSA) is 100 Å². The summed E-state index contributed by atoms with van der Waals surface area (Å²) >= 11 is 6.29. The van der Waals surface area contributed by atoms with E-state index in [0.29, 0.717) is 23.5 Å². The molecule has 1 aliphatic rings. The Morgan fingerprint density at radius 1 is 1.20 bits per heavy atom. The van der Waals surface area contributed by atoms with E-state index in [4.69, 9.17) is 31.5 Å². The summed E-state index contributed by atoms with van der Waals surface area (Å²) in [4.78, 5) is 27.6. The van der Waals surface area contributed by atoms with Crippen LogP contribution in [0.15, 0.2) is 47.1 Å². The van der Waals surface area contributed by atoms with Gasteiger partial charge in [0.1, 0.15) is 0 Å². The lowest BCUT2D eigenvalue weighted by atomic mass is 10.1. The van der Waals surface area contributed by atoms with Crippen molar-refractivity contribution in [1.29, 1.82) is 0 Å². The van der Waals surface area contributed by atoms with Crippen LogP contribution in [-0.4, -0.2) is 31.0 Å². The van der Waals surface area contributed by atoms with Crippen LogP contribution in [0.1, 0.15) is 30.5 Å². The number of benzene rings is 2. The maximum Gasteiger partial charge on any atom is 0.363 e. The van der Waals surface area contributed by atoms with Crippen molar-refractivity contribution in [3.63, 3.8) is 0 Å². The molecule has 8 heteroatoms. The number of hydrogen-bond donors (Lipinski definition) is 1. The van der Waals surface area contributed by atoms with Gasteiger partial charge in [0.15, 0.2) is 23.8 Å². The van der Waals surface area contributed by atoms with Gasteiger partial charge in [-0.2, -0.15) is 0 Å². The van der Waals surface area contributed by atoms with E-state index in [1.165, 1.54) is 5.56 Å². The fourth-order valence-electron chi connectivity index (χ4n) is 2.79. The van der Waals surface area contributed by atoms with Crippen LogP contribution in [0.5, 0.6) is 11.5 Å². The van der Waals surface area contributed by atoms with E-state index in [0.717, 1.165) is 6.42 Å². The predicted molar refractivity (Wildman–Crippen MR) is 114 cm³/mol. The highest BCUT2D eigenvalue weighted by molar-refractivity contribution is 6.32. The van der Waals surface area contributed by atoms with Crippen LogP contribution < -0.4 is 15.2 Å². The number of rotatable bonds is 8. The fourth-order valence-corrected chi connectivity index (χ4v) is 3.06. The molecule has 0 saturated heterocycles. The largest absolute Gasteiger partial charge is 0.490 e. The number of esters is 1. The van der Waals surface area contributed by atoms with Crippen LogP contribution in [0.25, 0.3) is 6.08 Å². The minimum absolute atomic E-state index is 0.133. The Balaban J connectivity index is 1.91. The average Bonchev–Trinajstić information content (AvgIpc) is 3.08. The summed E-state index contributed by atoms with van der Waals surface area (Å²) in [7, 11) is 0. The van der Waals surface area contributed by atoms with Gasteiger partial charge in [0.05, 0.1) is 11.6 Å². The molecule has 0 unspecified atom stereocenters. The lowest BCUT2D eigenvalue weighted by Crippen LogP contribution is -2.20. The van der Waals surface area contributed by atoms with Gasteiger partial charge < -0.3 is 19.9 Å². The molecule has 1 heterocycles. The van der Waals surface area contributed by atoms with Crippen molar-refractivity contribution in [2.75, 3.05) is 13.2 Å². The number of nitrogens with two attached hydrogens (primary N) is 1. The zero-order valence-corrected chi connectivity index (χ0v) is 17.4. The molecule has 0 spiro atoms.